The Morgan fingerprint density at radius 1 is 1.11 bits per heavy atom. The first-order valence-corrected chi connectivity index (χ1v) is 8.80. The van der Waals surface area contributed by atoms with Crippen molar-refractivity contribution in [3.05, 3.63) is 77.3 Å². The van der Waals surface area contributed by atoms with Crippen LogP contribution in [-0.2, 0) is 6.54 Å². The second-order valence-corrected chi connectivity index (χ2v) is 6.50. The minimum Gasteiger partial charge on any atom is -0.486 e. The number of para-hydroxylation sites is 3. The monoisotopic (exact) mass is 359 g/mol. The first-order valence-electron chi connectivity index (χ1n) is 8.80. The van der Waals surface area contributed by atoms with Crippen molar-refractivity contribution in [3.8, 4) is 22.9 Å². The molecule has 6 heteroatoms. The Balaban J connectivity index is 1.47. The molecule has 0 saturated carbocycles. The summed E-state index contributed by atoms with van der Waals surface area (Å²) < 4.78 is 13.8. The van der Waals surface area contributed by atoms with Gasteiger partial charge in [-0.15, -0.1) is 0 Å². The van der Waals surface area contributed by atoms with E-state index in [2.05, 4.69) is 9.97 Å². The fourth-order valence-corrected chi connectivity index (χ4v) is 3.39. The molecule has 5 rings (SSSR count). The fourth-order valence-electron chi connectivity index (χ4n) is 3.39. The predicted octanol–water partition coefficient (Wildman–Crippen LogP) is 3.23. The van der Waals surface area contributed by atoms with Gasteiger partial charge in [0.25, 0.3) is 5.56 Å². The summed E-state index contributed by atoms with van der Waals surface area (Å²) >= 11 is 0. The molecule has 6 nitrogen and oxygen atoms in total. The number of pyridine rings is 1. The minimum atomic E-state index is -0.160. The molecule has 4 aromatic rings. The van der Waals surface area contributed by atoms with Crippen LogP contribution in [0.5, 0.6) is 11.5 Å². The van der Waals surface area contributed by atoms with Crippen molar-refractivity contribution in [1.29, 1.82) is 0 Å². The zero-order chi connectivity index (χ0) is 18.2. The highest BCUT2D eigenvalue weighted by molar-refractivity contribution is 5.82. The van der Waals surface area contributed by atoms with Crippen LogP contribution in [-0.4, -0.2) is 27.2 Å². The number of hydrogen-bond donors (Lipinski definition) is 1. The number of aromatic amines is 1. The van der Waals surface area contributed by atoms with Crippen LogP contribution < -0.4 is 15.0 Å². The lowest BCUT2D eigenvalue weighted by Gasteiger charge is -2.27. The number of nitrogens with zero attached hydrogens (tertiary/aromatic N) is 2. The predicted molar refractivity (Wildman–Crippen MR) is 102 cm³/mol. The largest absolute Gasteiger partial charge is 0.486 e. The molecule has 1 aliphatic rings. The van der Waals surface area contributed by atoms with Crippen molar-refractivity contribution in [2.45, 2.75) is 12.6 Å². The first kappa shape index (κ1) is 15.7. The molecule has 0 fully saturated rings. The zero-order valence-electron chi connectivity index (χ0n) is 14.5. The van der Waals surface area contributed by atoms with Crippen LogP contribution in [0.1, 0.15) is 0 Å². The smallest absolute Gasteiger partial charge is 0.259 e. The average Bonchev–Trinajstić information content (AvgIpc) is 3.15. The van der Waals surface area contributed by atoms with E-state index >= 15 is 0 Å². The summed E-state index contributed by atoms with van der Waals surface area (Å²) in [7, 11) is 0. The number of rotatable bonds is 3. The minimum absolute atomic E-state index is 0.160. The number of H-pyrrole nitrogens is 1. The maximum atomic E-state index is 12.6. The summed E-state index contributed by atoms with van der Waals surface area (Å²) in [4.78, 5) is 19.9. The molecule has 1 unspecified atom stereocenters. The summed E-state index contributed by atoms with van der Waals surface area (Å²) in [5, 5.41) is 0.966. The van der Waals surface area contributed by atoms with Crippen LogP contribution in [0.2, 0.25) is 0 Å². The van der Waals surface area contributed by atoms with E-state index in [1.165, 1.54) is 0 Å². The lowest BCUT2D eigenvalue weighted by atomic mass is 10.1. The van der Waals surface area contributed by atoms with Crippen LogP contribution >= 0.6 is 0 Å². The highest BCUT2D eigenvalue weighted by atomic mass is 16.6. The molecule has 1 aliphatic heterocycles. The topological polar surface area (TPSA) is 69.1 Å². The van der Waals surface area contributed by atoms with Crippen molar-refractivity contribution >= 4 is 10.9 Å². The van der Waals surface area contributed by atoms with Crippen molar-refractivity contribution in [3.63, 3.8) is 0 Å². The SMILES string of the molecule is O=c1[nH]c2ccccc2cc1-c1nccn1CC1COc2ccccc2O1. The van der Waals surface area contributed by atoms with Gasteiger partial charge in [-0.2, -0.15) is 0 Å². The Hall–Kier alpha value is -3.54. The van der Waals surface area contributed by atoms with E-state index in [1.54, 1.807) is 6.20 Å². The van der Waals surface area contributed by atoms with E-state index in [1.807, 2.05) is 65.4 Å². The highest BCUT2D eigenvalue weighted by Gasteiger charge is 2.22. The van der Waals surface area contributed by atoms with Crippen LogP contribution in [0.4, 0.5) is 0 Å². The molecule has 27 heavy (non-hydrogen) atoms. The van der Waals surface area contributed by atoms with Gasteiger partial charge in [-0.3, -0.25) is 4.79 Å². The molecular formula is C21H17N3O3. The molecule has 0 spiro atoms. The van der Waals surface area contributed by atoms with Gasteiger partial charge in [-0.1, -0.05) is 30.3 Å². The maximum Gasteiger partial charge on any atom is 0.259 e. The fraction of sp³-hybridized carbons (Fsp3) is 0.143. The average molecular weight is 359 g/mol. The summed E-state index contributed by atoms with van der Waals surface area (Å²) in [6.07, 6.45) is 3.39. The summed E-state index contributed by atoms with van der Waals surface area (Å²) in [5.74, 6) is 2.11. The van der Waals surface area contributed by atoms with Gasteiger partial charge >= 0.3 is 0 Å². The van der Waals surface area contributed by atoms with E-state index in [0.29, 0.717) is 24.5 Å². The lowest BCUT2D eigenvalue weighted by Crippen LogP contribution is -2.33. The number of imidazole rings is 1. The Morgan fingerprint density at radius 3 is 2.85 bits per heavy atom. The number of fused-ring (bicyclic) bond motifs is 2. The molecule has 134 valence electrons. The van der Waals surface area contributed by atoms with E-state index in [9.17, 15) is 4.79 Å². The van der Waals surface area contributed by atoms with Gasteiger partial charge in [-0.05, 0) is 29.7 Å². The Bertz CT molecular complexity index is 1180. The summed E-state index contributed by atoms with van der Waals surface area (Å²) in [6.45, 7) is 0.985. The third-order valence-electron chi connectivity index (χ3n) is 4.68. The normalized spacial score (nSPS) is 15.8. The molecule has 1 atom stereocenters. The molecule has 0 radical (unpaired) electrons. The molecule has 0 amide bonds. The summed E-state index contributed by atoms with van der Waals surface area (Å²) in [6, 6.07) is 17.2. The third-order valence-corrected chi connectivity index (χ3v) is 4.68. The van der Waals surface area contributed by atoms with Gasteiger partial charge in [0, 0.05) is 17.9 Å². The van der Waals surface area contributed by atoms with E-state index in [-0.39, 0.29) is 11.7 Å². The lowest BCUT2D eigenvalue weighted by molar-refractivity contribution is 0.0788. The zero-order valence-corrected chi connectivity index (χ0v) is 14.5. The second-order valence-electron chi connectivity index (χ2n) is 6.50. The Labute approximate surface area is 155 Å². The number of hydrogen-bond acceptors (Lipinski definition) is 4. The first-order chi connectivity index (χ1) is 13.3. The molecule has 0 aliphatic carbocycles. The van der Waals surface area contributed by atoms with Crippen LogP contribution in [0.3, 0.4) is 0 Å². The van der Waals surface area contributed by atoms with Gasteiger partial charge in [0.2, 0.25) is 0 Å². The van der Waals surface area contributed by atoms with Gasteiger partial charge < -0.3 is 19.0 Å². The van der Waals surface area contributed by atoms with Gasteiger partial charge in [-0.25, -0.2) is 4.98 Å². The Kier molecular flexibility index (Phi) is 3.67. The van der Waals surface area contributed by atoms with Crippen molar-refractivity contribution in [2.75, 3.05) is 6.61 Å². The molecule has 0 bridgehead atoms. The maximum absolute atomic E-state index is 12.6. The third kappa shape index (κ3) is 2.85. The number of aromatic nitrogens is 3. The second kappa shape index (κ2) is 6.32. The van der Waals surface area contributed by atoms with E-state index in [4.69, 9.17) is 9.47 Å². The van der Waals surface area contributed by atoms with Gasteiger partial charge in [0.1, 0.15) is 12.4 Å². The van der Waals surface area contributed by atoms with E-state index in [0.717, 1.165) is 22.4 Å². The molecule has 2 aromatic carbocycles. The summed E-state index contributed by atoms with van der Waals surface area (Å²) in [5.41, 5.74) is 1.19. The standard InChI is InChI=1S/C21H17N3O3/c25-21-16(11-14-5-1-2-6-17(14)23-21)20-22-9-10-24(20)12-15-13-26-18-7-3-4-8-19(18)27-15/h1-11,15H,12-13H2,(H,23,25). The number of ether oxygens (including phenoxy) is 2. The molecular weight excluding hydrogens is 342 g/mol. The highest BCUT2D eigenvalue weighted by Crippen LogP contribution is 2.31. The Morgan fingerprint density at radius 2 is 1.93 bits per heavy atom. The van der Waals surface area contributed by atoms with Crippen LogP contribution in [0, 0.1) is 0 Å². The van der Waals surface area contributed by atoms with Gasteiger partial charge in [0.05, 0.1) is 12.1 Å². The molecule has 0 saturated heterocycles. The quantitative estimate of drug-likeness (QED) is 0.610. The van der Waals surface area contributed by atoms with E-state index < -0.39 is 0 Å². The molecule has 1 N–H and O–H groups in total. The van der Waals surface area contributed by atoms with Crippen LogP contribution in [0.25, 0.3) is 22.3 Å². The van der Waals surface area contributed by atoms with Crippen molar-refractivity contribution < 1.29 is 9.47 Å². The van der Waals surface area contributed by atoms with Crippen molar-refractivity contribution in [1.82, 2.24) is 14.5 Å². The van der Waals surface area contributed by atoms with Gasteiger partial charge in [0.15, 0.2) is 17.6 Å². The number of nitrogens with one attached hydrogen (secondary N) is 1. The van der Waals surface area contributed by atoms with Crippen molar-refractivity contribution in [2.24, 2.45) is 0 Å². The number of benzene rings is 2. The molecule has 3 heterocycles. The van der Waals surface area contributed by atoms with Crippen LogP contribution in [0.15, 0.2) is 71.8 Å². The molecule has 2 aromatic heterocycles.